The summed E-state index contributed by atoms with van der Waals surface area (Å²) in [5.41, 5.74) is 6.16. The number of benzene rings is 2. The third-order valence-electron chi connectivity index (χ3n) is 3.59. The Kier molecular flexibility index (Phi) is 2.86. The van der Waals surface area contributed by atoms with Crippen LogP contribution in [0.25, 0.3) is 11.1 Å². The van der Waals surface area contributed by atoms with Crippen LogP contribution in [-0.4, -0.2) is 5.91 Å². The SMILES string of the molecule is CC(C)C(=O)Nc1ccc2c(c1)Cc1ccccc1-2. The van der Waals surface area contributed by atoms with Crippen LogP contribution in [0.15, 0.2) is 42.5 Å². The van der Waals surface area contributed by atoms with Crippen LogP contribution in [0.4, 0.5) is 5.69 Å². The van der Waals surface area contributed by atoms with Crippen LogP contribution < -0.4 is 5.32 Å². The molecule has 2 heteroatoms. The van der Waals surface area contributed by atoms with Gasteiger partial charge in [0.2, 0.25) is 5.91 Å². The van der Waals surface area contributed by atoms with Crippen molar-refractivity contribution < 1.29 is 4.79 Å². The van der Waals surface area contributed by atoms with Crippen LogP contribution in [-0.2, 0) is 11.2 Å². The number of hydrogen-bond acceptors (Lipinski definition) is 1. The topological polar surface area (TPSA) is 29.1 Å². The van der Waals surface area contributed by atoms with Crippen molar-refractivity contribution in [1.29, 1.82) is 0 Å². The minimum atomic E-state index is 0.00505. The van der Waals surface area contributed by atoms with Crippen molar-refractivity contribution in [2.24, 2.45) is 5.92 Å². The predicted molar refractivity (Wildman–Crippen MR) is 78.2 cm³/mol. The molecule has 0 heterocycles. The molecular weight excluding hydrogens is 234 g/mol. The van der Waals surface area contributed by atoms with E-state index >= 15 is 0 Å². The minimum Gasteiger partial charge on any atom is -0.326 e. The highest BCUT2D eigenvalue weighted by Gasteiger charge is 2.18. The Hall–Kier alpha value is -2.09. The van der Waals surface area contributed by atoms with Crippen molar-refractivity contribution in [2.45, 2.75) is 20.3 Å². The number of rotatable bonds is 2. The van der Waals surface area contributed by atoms with Crippen molar-refractivity contribution >= 4 is 11.6 Å². The summed E-state index contributed by atoms with van der Waals surface area (Å²) in [5.74, 6) is 0.0703. The van der Waals surface area contributed by atoms with Gasteiger partial charge in [0.1, 0.15) is 0 Å². The van der Waals surface area contributed by atoms with Gasteiger partial charge < -0.3 is 5.32 Å². The lowest BCUT2D eigenvalue weighted by atomic mass is 10.1. The van der Waals surface area contributed by atoms with Gasteiger partial charge >= 0.3 is 0 Å². The molecule has 0 aromatic heterocycles. The molecule has 1 N–H and O–H groups in total. The van der Waals surface area contributed by atoms with Crippen LogP contribution in [0.1, 0.15) is 25.0 Å². The van der Waals surface area contributed by atoms with Crippen molar-refractivity contribution in [2.75, 3.05) is 5.32 Å². The number of amides is 1. The second kappa shape index (κ2) is 4.54. The number of carbonyl (C=O) groups is 1. The zero-order valence-electron chi connectivity index (χ0n) is 11.2. The Morgan fingerprint density at radius 3 is 2.58 bits per heavy atom. The Bertz CT molecular complexity index is 643. The van der Waals surface area contributed by atoms with E-state index in [1.54, 1.807) is 0 Å². The highest BCUT2D eigenvalue weighted by atomic mass is 16.1. The summed E-state index contributed by atoms with van der Waals surface area (Å²) >= 11 is 0. The van der Waals surface area contributed by atoms with E-state index in [-0.39, 0.29) is 11.8 Å². The smallest absolute Gasteiger partial charge is 0.226 e. The number of hydrogen-bond donors (Lipinski definition) is 1. The third-order valence-corrected chi connectivity index (χ3v) is 3.59. The number of carbonyl (C=O) groups excluding carboxylic acids is 1. The second-order valence-corrected chi connectivity index (χ2v) is 5.35. The summed E-state index contributed by atoms with van der Waals surface area (Å²) < 4.78 is 0. The first kappa shape index (κ1) is 12.0. The van der Waals surface area contributed by atoms with Crippen molar-refractivity contribution in [3.63, 3.8) is 0 Å². The maximum absolute atomic E-state index is 11.7. The first-order valence-corrected chi connectivity index (χ1v) is 6.67. The molecule has 19 heavy (non-hydrogen) atoms. The van der Waals surface area contributed by atoms with Gasteiger partial charge in [-0.1, -0.05) is 44.2 Å². The number of nitrogens with one attached hydrogen (secondary N) is 1. The average Bonchev–Trinajstić information content (AvgIpc) is 2.76. The average molecular weight is 251 g/mol. The quantitative estimate of drug-likeness (QED) is 0.736. The second-order valence-electron chi connectivity index (χ2n) is 5.35. The van der Waals surface area contributed by atoms with Gasteiger partial charge in [-0.3, -0.25) is 4.79 Å². The minimum absolute atomic E-state index is 0.00505. The van der Waals surface area contributed by atoms with E-state index in [1.165, 1.54) is 22.3 Å². The van der Waals surface area contributed by atoms with Crippen LogP contribution in [0.5, 0.6) is 0 Å². The molecule has 0 spiro atoms. The zero-order chi connectivity index (χ0) is 13.4. The standard InChI is InChI=1S/C17H17NO/c1-11(2)17(19)18-14-7-8-16-13(10-14)9-12-5-3-4-6-15(12)16/h3-8,10-11H,9H2,1-2H3,(H,18,19). The van der Waals surface area contributed by atoms with Gasteiger partial charge in [0.25, 0.3) is 0 Å². The van der Waals surface area contributed by atoms with Crippen molar-refractivity contribution in [3.8, 4) is 11.1 Å². The Balaban J connectivity index is 1.91. The summed E-state index contributed by atoms with van der Waals surface area (Å²) in [4.78, 5) is 11.7. The van der Waals surface area contributed by atoms with E-state index in [9.17, 15) is 4.79 Å². The molecule has 0 saturated carbocycles. The van der Waals surface area contributed by atoms with E-state index in [0.717, 1.165) is 12.1 Å². The van der Waals surface area contributed by atoms with E-state index in [1.807, 2.05) is 19.9 Å². The summed E-state index contributed by atoms with van der Waals surface area (Å²) in [5, 5.41) is 2.96. The number of anilines is 1. The lowest BCUT2D eigenvalue weighted by molar-refractivity contribution is -0.118. The molecule has 0 radical (unpaired) electrons. The van der Waals surface area contributed by atoms with Crippen molar-refractivity contribution in [1.82, 2.24) is 0 Å². The lowest BCUT2D eigenvalue weighted by Gasteiger charge is -2.09. The van der Waals surface area contributed by atoms with Gasteiger partial charge in [0, 0.05) is 11.6 Å². The van der Waals surface area contributed by atoms with E-state index in [2.05, 4.69) is 41.7 Å². The fraction of sp³-hybridized carbons (Fsp3) is 0.235. The molecule has 3 rings (SSSR count). The molecule has 0 aliphatic heterocycles. The van der Waals surface area contributed by atoms with Crippen LogP contribution in [0.2, 0.25) is 0 Å². The zero-order valence-corrected chi connectivity index (χ0v) is 11.2. The summed E-state index contributed by atoms with van der Waals surface area (Å²) in [6, 6.07) is 14.7. The van der Waals surface area contributed by atoms with Crippen LogP contribution >= 0.6 is 0 Å². The maximum atomic E-state index is 11.7. The van der Waals surface area contributed by atoms with Crippen LogP contribution in [0, 0.1) is 5.92 Å². The van der Waals surface area contributed by atoms with E-state index < -0.39 is 0 Å². The molecule has 0 unspecified atom stereocenters. The van der Waals surface area contributed by atoms with Crippen LogP contribution in [0.3, 0.4) is 0 Å². The molecule has 2 nitrogen and oxygen atoms in total. The van der Waals surface area contributed by atoms with Gasteiger partial charge in [0.15, 0.2) is 0 Å². The largest absolute Gasteiger partial charge is 0.326 e. The highest BCUT2D eigenvalue weighted by molar-refractivity contribution is 5.93. The first-order chi connectivity index (χ1) is 9.15. The van der Waals surface area contributed by atoms with E-state index in [0.29, 0.717) is 0 Å². The van der Waals surface area contributed by atoms with E-state index in [4.69, 9.17) is 0 Å². The van der Waals surface area contributed by atoms with Crippen molar-refractivity contribution in [3.05, 3.63) is 53.6 Å². The summed E-state index contributed by atoms with van der Waals surface area (Å²) in [7, 11) is 0. The highest BCUT2D eigenvalue weighted by Crippen LogP contribution is 2.37. The van der Waals surface area contributed by atoms with Gasteiger partial charge in [-0.25, -0.2) is 0 Å². The third kappa shape index (κ3) is 2.14. The fourth-order valence-electron chi connectivity index (χ4n) is 2.51. The Labute approximate surface area is 113 Å². The molecule has 2 aromatic carbocycles. The number of fused-ring (bicyclic) bond motifs is 3. The normalized spacial score (nSPS) is 12.2. The molecule has 0 bridgehead atoms. The molecule has 1 aliphatic carbocycles. The molecular formula is C17H17NO. The molecule has 1 amide bonds. The Morgan fingerprint density at radius 2 is 1.79 bits per heavy atom. The van der Waals surface area contributed by atoms with Gasteiger partial charge in [-0.15, -0.1) is 0 Å². The maximum Gasteiger partial charge on any atom is 0.226 e. The summed E-state index contributed by atoms with van der Waals surface area (Å²) in [6.45, 7) is 3.80. The molecule has 0 saturated heterocycles. The molecule has 2 aromatic rings. The fourth-order valence-corrected chi connectivity index (χ4v) is 2.51. The lowest BCUT2D eigenvalue weighted by Crippen LogP contribution is -2.17. The predicted octanol–water partition coefficient (Wildman–Crippen LogP) is 3.85. The first-order valence-electron chi connectivity index (χ1n) is 6.67. The monoisotopic (exact) mass is 251 g/mol. The molecule has 1 aliphatic rings. The molecule has 96 valence electrons. The Morgan fingerprint density at radius 1 is 1.05 bits per heavy atom. The van der Waals surface area contributed by atoms with Gasteiger partial charge in [-0.2, -0.15) is 0 Å². The summed E-state index contributed by atoms with van der Waals surface area (Å²) in [6.07, 6.45) is 0.955. The molecule has 0 fully saturated rings. The van der Waals surface area contributed by atoms with Gasteiger partial charge in [0.05, 0.1) is 0 Å². The molecule has 0 atom stereocenters. The van der Waals surface area contributed by atoms with Gasteiger partial charge in [-0.05, 0) is 40.8 Å².